The zero-order valence-electron chi connectivity index (χ0n) is 6.23. The number of hydrogen-bond acceptors (Lipinski definition) is 2. The zero-order valence-corrected chi connectivity index (χ0v) is 6.23. The normalized spacial score (nSPS) is 13.5. The van der Waals surface area contributed by atoms with E-state index in [0.717, 1.165) is 15.5 Å². The first kappa shape index (κ1) is 6.91. The van der Waals surface area contributed by atoms with E-state index in [0.29, 0.717) is 0 Å². The highest BCUT2D eigenvalue weighted by molar-refractivity contribution is 5.55. The largest absolute Gasteiger partial charge is 0.379 e. The summed E-state index contributed by atoms with van der Waals surface area (Å²) >= 11 is 0. The molecule has 0 bridgehead atoms. The second-order valence-electron chi connectivity index (χ2n) is 2.40. The third-order valence-electron chi connectivity index (χ3n) is 1.64. The predicted octanol–water partition coefficient (Wildman–Crippen LogP) is -0.523. The summed E-state index contributed by atoms with van der Waals surface area (Å²) in [7, 11) is 0. The molecule has 59 valence electrons. The molecular formula is C9H6NO2. The zero-order chi connectivity index (χ0) is 8.39. The Morgan fingerprint density at radius 2 is 2.00 bits per heavy atom. The lowest BCUT2D eigenvalue weighted by Gasteiger charge is -2.11. The van der Waals surface area contributed by atoms with E-state index in [1.54, 1.807) is 12.6 Å². The van der Waals surface area contributed by atoms with Gasteiger partial charge in [-0.15, -0.1) is 5.06 Å². The standard InChI is InChI=1S/C9H6NO2/c11-7-10-5-8-3-1-2-4-9(8)6-12-10/h1-6H. The molecule has 1 amide bonds. The van der Waals surface area contributed by atoms with Gasteiger partial charge in [0.05, 0.1) is 6.20 Å². The van der Waals surface area contributed by atoms with Crippen LogP contribution in [0, 0.1) is 0 Å². The summed E-state index contributed by atoms with van der Waals surface area (Å²) in [6, 6.07) is 7.62. The van der Waals surface area contributed by atoms with E-state index >= 15 is 0 Å². The molecule has 1 radical (unpaired) electrons. The van der Waals surface area contributed by atoms with Crippen molar-refractivity contribution in [1.29, 1.82) is 0 Å². The summed E-state index contributed by atoms with van der Waals surface area (Å²) in [6.45, 7) is 0. The summed E-state index contributed by atoms with van der Waals surface area (Å²) in [4.78, 5) is 15.1. The molecular weight excluding hydrogens is 154 g/mol. The van der Waals surface area contributed by atoms with Crippen LogP contribution in [0.2, 0.25) is 0 Å². The third kappa shape index (κ3) is 1.05. The summed E-state index contributed by atoms with van der Waals surface area (Å²) in [5, 5.41) is 2.92. The number of rotatable bonds is 1. The van der Waals surface area contributed by atoms with Crippen LogP contribution >= 0.6 is 0 Å². The molecule has 12 heavy (non-hydrogen) atoms. The van der Waals surface area contributed by atoms with Crippen molar-refractivity contribution in [2.75, 3.05) is 0 Å². The van der Waals surface area contributed by atoms with Crippen molar-refractivity contribution in [3.05, 3.63) is 34.7 Å². The van der Waals surface area contributed by atoms with Crippen molar-refractivity contribution < 1.29 is 9.63 Å². The van der Waals surface area contributed by atoms with Crippen LogP contribution in [0.25, 0.3) is 12.5 Å². The van der Waals surface area contributed by atoms with Crippen LogP contribution in [0.1, 0.15) is 0 Å². The van der Waals surface area contributed by atoms with Gasteiger partial charge in [-0.2, -0.15) is 0 Å². The van der Waals surface area contributed by atoms with Gasteiger partial charge in [0.1, 0.15) is 6.26 Å². The average molecular weight is 160 g/mol. The molecule has 3 heteroatoms. The number of carbonyl (C=O) groups excluding carboxylic acids is 1. The molecule has 2 rings (SSSR count). The molecule has 0 fully saturated rings. The van der Waals surface area contributed by atoms with Gasteiger partial charge in [-0.25, -0.2) is 0 Å². The van der Waals surface area contributed by atoms with Crippen molar-refractivity contribution in [1.82, 2.24) is 5.06 Å². The fourth-order valence-electron chi connectivity index (χ4n) is 1.05. The van der Waals surface area contributed by atoms with Gasteiger partial charge in [0, 0.05) is 10.4 Å². The van der Waals surface area contributed by atoms with Crippen molar-refractivity contribution in [2.45, 2.75) is 0 Å². The van der Waals surface area contributed by atoms with Crippen molar-refractivity contribution in [3.63, 3.8) is 0 Å². The maximum absolute atomic E-state index is 10.2. The first-order chi connectivity index (χ1) is 5.90. The lowest BCUT2D eigenvalue weighted by Crippen LogP contribution is -2.33. The lowest BCUT2D eigenvalue weighted by molar-refractivity contribution is 0.0599. The summed E-state index contributed by atoms with van der Waals surface area (Å²) in [5.74, 6) is 0. The fourth-order valence-corrected chi connectivity index (χ4v) is 1.05. The smallest absolute Gasteiger partial charge is 0.352 e. The summed E-state index contributed by atoms with van der Waals surface area (Å²) in [5.41, 5.74) is 0. The SMILES string of the molecule is O=[C]N1C=c2ccccc2=CO1. The average Bonchev–Trinajstić information content (AvgIpc) is 2.17. The van der Waals surface area contributed by atoms with Crippen molar-refractivity contribution in [2.24, 2.45) is 0 Å². The Bertz CT molecular complexity index is 411. The molecule has 0 aromatic heterocycles. The minimum Gasteiger partial charge on any atom is -0.379 e. The number of benzene rings is 1. The van der Waals surface area contributed by atoms with Crippen LogP contribution < -0.4 is 10.4 Å². The van der Waals surface area contributed by atoms with Crippen LogP contribution in [0.4, 0.5) is 0 Å². The molecule has 0 saturated heterocycles. The van der Waals surface area contributed by atoms with Gasteiger partial charge in [0.25, 0.3) is 0 Å². The van der Waals surface area contributed by atoms with E-state index in [-0.39, 0.29) is 0 Å². The van der Waals surface area contributed by atoms with Crippen molar-refractivity contribution >= 4 is 18.9 Å². The Balaban J connectivity index is 2.63. The van der Waals surface area contributed by atoms with Crippen LogP contribution in [0.15, 0.2) is 24.3 Å². The Morgan fingerprint density at radius 3 is 2.75 bits per heavy atom. The molecule has 0 saturated carbocycles. The first-order valence-corrected chi connectivity index (χ1v) is 3.51. The molecule has 1 aromatic rings. The molecule has 1 aromatic carbocycles. The second-order valence-corrected chi connectivity index (χ2v) is 2.40. The molecule has 0 spiro atoms. The minimum atomic E-state index is 0.951. The van der Waals surface area contributed by atoms with Crippen LogP contribution in [0.5, 0.6) is 0 Å². The Hall–Kier alpha value is -1.77. The van der Waals surface area contributed by atoms with Gasteiger partial charge < -0.3 is 4.84 Å². The predicted molar refractivity (Wildman–Crippen MR) is 43.2 cm³/mol. The number of hydroxylamine groups is 2. The van der Waals surface area contributed by atoms with Gasteiger partial charge in [0.2, 0.25) is 0 Å². The van der Waals surface area contributed by atoms with E-state index in [4.69, 9.17) is 4.84 Å². The molecule has 1 aliphatic heterocycles. The van der Waals surface area contributed by atoms with Crippen LogP contribution in [-0.4, -0.2) is 11.5 Å². The summed E-state index contributed by atoms with van der Waals surface area (Å²) in [6.07, 6.45) is 4.72. The quantitative estimate of drug-likeness (QED) is 0.553. The maximum atomic E-state index is 10.2. The Labute approximate surface area is 69.1 Å². The van der Waals surface area contributed by atoms with Crippen molar-refractivity contribution in [3.8, 4) is 0 Å². The fraction of sp³-hybridized carbons (Fsp3) is 0. The minimum absolute atomic E-state index is 0.951. The lowest BCUT2D eigenvalue weighted by atomic mass is 10.2. The van der Waals surface area contributed by atoms with Crippen LogP contribution in [0.3, 0.4) is 0 Å². The highest BCUT2D eigenvalue weighted by atomic mass is 16.7. The van der Waals surface area contributed by atoms with Gasteiger partial charge >= 0.3 is 6.41 Å². The Morgan fingerprint density at radius 1 is 1.25 bits per heavy atom. The van der Waals surface area contributed by atoms with E-state index in [2.05, 4.69) is 0 Å². The van der Waals surface area contributed by atoms with Gasteiger partial charge in [-0.05, 0) is 0 Å². The third-order valence-corrected chi connectivity index (χ3v) is 1.64. The first-order valence-electron chi connectivity index (χ1n) is 3.51. The molecule has 1 aliphatic rings. The van der Waals surface area contributed by atoms with Gasteiger partial charge in [-0.1, -0.05) is 24.3 Å². The number of hydrogen-bond donors (Lipinski definition) is 0. The number of nitrogens with zero attached hydrogens (tertiary/aromatic N) is 1. The number of amides is 1. The van der Waals surface area contributed by atoms with Gasteiger partial charge in [-0.3, -0.25) is 4.79 Å². The monoisotopic (exact) mass is 160 g/mol. The topological polar surface area (TPSA) is 29.5 Å². The molecule has 3 nitrogen and oxygen atoms in total. The molecule has 0 atom stereocenters. The van der Waals surface area contributed by atoms with E-state index in [9.17, 15) is 4.79 Å². The van der Waals surface area contributed by atoms with Crippen LogP contribution in [-0.2, 0) is 9.63 Å². The molecule has 0 N–H and O–H groups in total. The summed E-state index contributed by atoms with van der Waals surface area (Å²) < 4.78 is 0. The van der Waals surface area contributed by atoms with E-state index in [1.807, 2.05) is 24.3 Å². The molecule has 0 unspecified atom stereocenters. The van der Waals surface area contributed by atoms with E-state index < -0.39 is 0 Å². The maximum Gasteiger partial charge on any atom is 0.352 e. The highest BCUT2D eigenvalue weighted by Crippen LogP contribution is 1.90. The second kappa shape index (κ2) is 2.70. The molecule has 0 aliphatic carbocycles. The Kier molecular flexibility index (Phi) is 1.55. The van der Waals surface area contributed by atoms with Gasteiger partial charge in [0.15, 0.2) is 0 Å². The molecule has 1 heterocycles. The number of fused-ring (bicyclic) bond motifs is 1. The van der Waals surface area contributed by atoms with E-state index in [1.165, 1.54) is 6.26 Å². The highest BCUT2D eigenvalue weighted by Gasteiger charge is 2.01.